The average Bonchev–Trinajstić information content (AvgIpc) is 2.91. The molecule has 1 aromatic heterocycles. The van der Waals surface area contributed by atoms with E-state index in [1.807, 2.05) is 56.3 Å². The topological polar surface area (TPSA) is 113 Å². The van der Waals surface area contributed by atoms with Crippen molar-refractivity contribution < 1.29 is 14.4 Å². The molecule has 3 amide bonds. The number of aromatic nitrogens is 2. The van der Waals surface area contributed by atoms with E-state index in [0.717, 1.165) is 37.5 Å². The number of hydrogen-bond donors (Lipinski definition) is 3. The molecule has 0 aliphatic rings. The zero-order valence-electron chi connectivity index (χ0n) is 21.6. The van der Waals surface area contributed by atoms with Crippen molar-refractivity contribution in [3.63, 3.8) is 0 Å². The van der Waals surface area contributed by atoms with Crippen LogP contribution in [-0.2, 0) is 16.0 Å². The molecule has 0 spiro atoms. The molecule has 3 aromatic carbocycles. The number of carbonyl (C=O) groups excluding carboxylic acids is 3. The Morgan fingerprint density at radius 2 is 1.43 bits per heavy atom. The quantitative estimate of drug-likeness (QED) is 0.133. The van der Waals surface area contributed by atoms with Crippen LogP contribution in [0.5, 0.6) is 0 Å². The number of benzene rings is 3. The molecule has 11 heteroatoms. The van der Waals surface area contributed by atoms with Crippen LogP contribution in [0.15, 0.2) is 86.9 Å². The molecule has 204 valence electrons. The maximum absolute atomic E-state index is 13.1. The third-order valence-electron chi connectivity index (χ3n) is 5.59. The van der Waals surface area contributed by atoms with Gasteiger partial charge in [0.15, 0.2) is 0 Å². The van der Waals surface area contributed by atoms with Crippen LogP contribution in [0.1, 0.15) is 27.3 Å². The largest absolute Gasteiger partial charge is 0.326 e. The van der Waals surface area contributed by atoms with Gasteiger partial charge in [-0.1, -0.05) is 61.3 Å². The predicted octanol–water partition coefficient (Wildman–Crippen LogP) is 6.78. The summed E-state index contributed by atoms with van der Waals surface area (Å²) in [7, 11) is 0. The number of hydrogen-bond acceptors (Lipinski definition) is 6. The van der Waals surface area contributed by atoms with E-state index in [1.54, 1.807) is 24.3 Å². The summed E-state index contributed by atoms with van der Waals surface area (Å²) in [6.45, 7) is 3.91. The number of thioether (sulfide) groups is 1. The van der Waals surface area contributed by atoms with Gasteiger partial charge in [-0.25, -0.2) is 9.97 Å². The first-order chi connectivity index (χ1) is 19.2. The number of anilines is 3. The summed E-state index contributed by atoms with van der Waals surface area (Å²) in [5, 5.41) is 8.83. The Labute approximate surface area is 253 Å². The molecular formula is C29H25Br2N5O3S. The number of aryl methyl sites for hydroxylation is 2. The van der Waals surface area contributed by atoms with Gasteiger partial charge >= 0.3 is 0 Å². The van der Waals surface area contributed by atoms with Gasteiger partial charge in [0.05, 0.1) is 17.7 Å². The van der Waals surface area contributed by atoms with Crippen molar-refractivity contribution in [2.75, 3.05) is 21.7 Å². The molecule has 0 aliphatic carbocycles. The Kier molecular flexibility index (Phi) is 10.1. The summed E-state index contributed by atoms with van der Waals surface area (Å²) in [5.74, 6) is -0.743. The summed E-state index contributed by atoms with van der Waals surface area (Å²) in [4.78, 5) is 47.3. The lowest BCUT2D eigenvalue weighted by atomic mass is 10.1. The lowest BCUT2D eigenvalue weighted by Crippen LogP contribution is -2.20. The summed E-state index contributed by atoms with van der Waals surface area (Å²) >= 11 is 7.85. The molecule has 0 aliphatic heterocycles. The van der Waals surface area contributed by atoms with Crippen LogP contribution >= 0.6 is 43.6 Å². The highest BCUT2D eigenvalue weighted by molar-refractivity contribution is 9.10. The van der Waals surface area contributed by atoms with Crippen molar-refractivity contribution in [1.82, 2.24) is 9.97 Å². The van der Waals surface area contributed by atoms with Crippen molar-refractivity contribution in [3.05, 3.63) is 104 Å². The molecule has 0 fully saturated rings. The minimum absolute atomic E-state index is 0.00736. The van der Waals surface area contributed by atoms with E-state index < -0.39 is 5.91 Å². The van der Waals surface area contributed by atoms with Gasteiger partial charge in [-0.05, 0) is 74.0 Å². The highest BCUT2D eigenvalue weighted by Crippen LogP contribution is 2.24. The van der Waals surface area contributed by atoms with E-state index in [2.05, 4.69) is 57.8 Å². The van der Waals surface area contributed by atoms with E-state index in [9.17, 15) is 14.4 Å². The van der Waals surface area contributed by atoms with E-state index in [-0.39, 0.29) is 35.4 Å². The van der Waals surface area contributed by atoms with Crippen LogP contribution in [0.4, 0.5) is 17.1 Å². The van der Waals surface area contributed by atoms with Crippen molar-refractivity contribution in [1.29, 1.82) is 0 Å². The van der Waals surface area contributed by atoms with Crippen LogP contribution < -0.4 is 16.0 Å². The Hall–Kier alpha value is -3.54. The second-order valence-corrected chi connectivity index (χ2v) is 11.6. The molecular weight excluding hydrogens is 658 g/mol. The standard InChI is InChI=1S/C29H25Br2N5O3S/c1-17-3-12-24(18(2)13-17)35-27(38)16-40-29-23(28(39)34-22-10-6-20(31)7-11-22)15-32-25(36-29)14-26(37)33-21-8-4-19(30)5-9-21/h3-13,15H,14,16H2,1-2H3,(H,33,37)(H,34,39)(H,35,38). The molecule has 0 radical (unpaired) electrons. The number of amides is 3. The zero-order valence-corrected chi connectivity index (χ0v) is 25.6. The lowest BCUT2D eigenvalue weighted by molar-refractivity contribution is -0.116. The third kappa shape index (κ3) is 8.48. The fourth-order valence-electron chi connectivity index (χ4n) is 3.64. The molecule has 0 bridgehead atoms. The maximum atomic E-state index is 13.1. The Morgan fingerprint density at radius 1 is 0.800 bits per heavy atom. The van der Waals surface area contributed by atoms with E-state index in [0.29, 0.717) is 16.4 Å². The summed E-state index contributed by atoms with van der Waals surface area (Å²) in [6.07, 6.45) is 1.28. The van der Waals surface area contributed by atoms with Gasteiger partial charge in [0.1, 0.15) is 10.9 Å². The average molecular weight is 683 g/mol. The molecule has 0 unspecified atom stereocenters. The van der Waals surface area contributed by atoms with Gasteiger partial charge in [0.25, 0.3) is 5.91 Å². The van der Waals surface area contributed by atoms with Crippen molar-refractivity contribution in [2.45, 2.75) is 25.3 Å². The molecule has 0 saturated heterocycles. The number of nitrogens with one attached hydrogen (secondary N) is 3. The van der Waals surface area contributed by atoms with E-state index in [4.69, 9.17) is 0 Å². The Balaban J connectivity index is 1.50. The second-order valence-electron chi connectivity index (χ2n) is 8.85. The molecule has 3 N–H and O–H groups in total. The maximum Gasteiger partial charge on any atom is 0.259 e. The number of carbonyl (C=O) groups is 3. The molecule has 40 heavy (non-hydrogen) atoms. The Morgan fingerprint density at radius 3 is 2.05 bits per heavy atom. The van der Waals surface area contributed by atoms with Crippen LogP contribution in [0.3, 0.4) is 0 Å². The van der Waals surface area contributed by atoms with Gasteiger partial charge in [-0.2, -0.15) is 0 Å². The highest BCUT2D eigenvalue weighted by Gasteiger charge is 2.19. The van der Waals surface area contributed by atoms with E-state index >= 15 is 0 Å². The highest BCUT2D eigenvalue weighted by atomic mass is 79.9. The fraction of sp³-hybridized carbons (Fsp3) is 0.138. The first-order valence-corrected chi connectivity index (χ1v) is 14.7. The van der Waals surface area contributed by atoms with Crippen LogP contribution in [0, 0.1) is 13.8 Å². The van der Waals surface area contributed by atoms with Crippen molar-refractivity contribution >= 4 is 78.4 Å². The summed E-state index contributed by atoms with van der Waals surface area (Å²) in [5.41, 5.74) is 4.20. The van der Waals surface area contributed by atoms with Crippen LogP contribution in [-0.4, -0.2) is 33.4 Å². The summed E-state index contributed by atoms with van der Waals surface area (Å²) < 4.78 is 1.78. The Bertz CT molecular complexity index is 1550. The first kappa shape index (κ1) is 29.4. The smallest absolute Gasteiger partial charge is 0.259 e. The summed E-state index contributed by atoms with van der Waals surface area (Å²) in [6, 6.07) is 20.1. The minimum Gasteiger partial charge on any atom is -0.326 e. The number of halogens is 2. The molecule has 0 atom stereocenters. The van der Waals surface area contributed by atoms with E-state index in [1.165, 1.54) is 6.20 Å². The number of rotatable bonds is 9. The van der Waals surface area contributed by atoms with Crippen LogP contribution in [0.2, 0.25) is 0 Å². The fourth-order valence-corrected chi connectivity index (χ4v) is 4.98. The molecule has 0 saturated carbocycles. The van der Waals surface area contributed by atoms with Gasteiger partial charge in [0.2, 0.25) is 11.8 Å². The normalized spacial score (nSPS) is 10.6. The predicted molar refractivity (Wildman–Crippen MR) is 166 cm³/mol. The molecule has 1 heterocycles. The number of nitrogens with zero attached hydrogens (tertiary/aromatic N) is 2. The molecule has 4 rings (SSSR count). The monoisotopic (exact) mass is 681 g/mol. The zero-order chi connectivity index (χ0) is 28.6. The molecule has 8 nitrogen and oxygen atoms in total. The first-order valence-electron chi connectivity index (χ1n) is 12.1. The third-order valence-corrected chi connectivity index (χ3v) is 7.64. The van der Waals surface area contributed by atoms with Gasteiger partial charge in [-0.15, -0.1) is 0 Å². The SMILES string of the molecule is Cc1ccc(NC(=O)CSc2nc(CC(=O)Nc3ccc(Br)cc3)ncc2C(=O)Nc2ccc(Br)cc2)c(C)c1. The lowest BCUT2D eigenvalue weighted by Gasteiger charge is -2.12. The van der Waals surface area contributed by atoms with Gasteiger partial charge in [-0.3, -0.25) is 14.4 Å². The van der Waals surface area contributed by atoms with Crippen molar-refractivity contribution in [3.8, 4) is 0 Å². The molecule has 4 aromatic rings. The second kappa shape index (κ2) is 13.7. The van der Waals surface area contributed by atoms with Gasteiger partial charge < -0.3 is 16.0 Å². The van der Waals surface area contributed by atoms with Gasteiger partial charge in [0, 0.05) is 32.2 Å². The van der Waals surface area contributed by atoms with Crippen LogP contribution in [0.25, 0.3) is 0 Å². The van der Waals surface area contributed by atoms with Crippen molar-refractivity contribution in [2.24, 2.45) is 0 Å². The minimum atomic E-state index is -0.425.